The molecule has 0 radical (unpaired) electrons. The van der Waals surface area contributed by atoms with Crippen molar-refractivity contribution in [1.29, 1.82) is 0 Å². The number of carbonyl (C=O) groups excluding carboxylic acids is 2. The Morgan fingerprint density at radius 3 is 1.62 bits per heavy atom. The number of benzene rings is 4. The monoisotopic (exact) mass is 885 g/mol. The summed E-state index contributed by atoms with van der Waals surface area (Å²) >= 11 is 15.9. The zero-order valence-corrected chi connectivity index (χ0v) is 34.7. The van der Waals surface area contributed by atoms with Crippen molar-refractivity contribution in [2.24, 2.45) is 0 Å². The highest BCUT2D eigenvalue weighted by molar-refractivity contribution is 7.93. The maximum atomic E-state index is 12.6. The Kier molecular flexibility index (Phi) is 12.6. The van der Waals surface area contributed by atoms with Crippen LogP contribution in [0.3, 0.4) is 0 Å². The van der Waals surface area contributed by atoms with Gasteiger partial charge in [0.1, 0.15) is 4.88 Å². The van der Waals surface area contributed by atoms with E-state index in [9.17, 15) is 26.4 Å². The van der Waals surface area contributed by atoms with Gasteiger partial charge in [0.15, 0.2) is 10.3 Å². The van der Waals surface area contributed by atoms with Gasteiger partial charge in [-0.3, -0.25) is 19.0 Å². The molecular formula is C36H29Cl2N7O6S5. The van der Waals surface area contributed by atoms with E-state index in [1.165, 1.54) is 82.8 Å². The van der Waals surface area contributed by atoms with Crippen molar-refractivity contribution in [2.75, 3.05) is 39.1 Å². The number of nitrogens with zero attached hydrogens (tertiary/aromatic N) is 3. The SMILES string of the molecule is CN(C)c1ccc(C(=O)Nc2ccc(S(=O)(=O)Nc3nccs3)cc2)cc1.O=C(Nc1ccc(S(=O)(=O)Nc2nccs2)cc1)c1sc2cc(Cl)ccc2c1Cl. The number of fused-ring (bicyclic) bond motifs is 1. The van der Waals surface area contributed by atoms with Gasteiger partial charge in [-0.2, -0.15) is 0 Å². The number of carbonyl (C=O) groups is 2. The summed E-state index contributed by atoms with van der Waals surface area (Å²) in [6.07, 6.45) is 3.03. The number of hydrogen-bond acceptors (Lipinski definition) is 12. The van der Waals surface area contributed by atoms with E-state index < -0.39 is 20.0 Å². The molecule has 7 aromatic rings. The van der Waals surface area contributed by atoms with E-state index in [1.54, 1.807) is 53.2 Å². The summed E-state index contributed by atoms with van der Waals surface area (Å²) in [6.45, 7) is 0. The summed E-state index contributed by atoms with van der Waals surface area (Å²) in [7, 11) is -3.62. The number of thiazole rings is 2. The van der Waals surface area contributed by atoms with Gasteiger partial charge in [0, 0.05) is 75.0 Å². The van der Waals surface area contributed by atoms with Gasteiger partial charge in [-0.25, -0.2) is 26.8 Å². The van der Waals surface area contributed by atoms with Crippen LogP contribution in [0.1, 0.15) is 20.0 Å². The number of aromatic nitrogens is 2. The zero-order chi connectivity index (χ0) is 40.0. The van der Waals surface area contributed by atoms with Crippen molar-refractivity contribution in [3.05, 3.63) is 135 Å². The molecular weight excluding hydrogens is 858 g/mol. The smallest absolute Gasteiger partial charge is 0.267 e. The van der Waals surface area contributed by atoms with Gasteiger partial charge in [0.05, 0.1) is 14.8 Å². The van der Waals surface area contributed by atoms with Gasteiger partial charge in [0.25, 0.3) is 31.9 Å². The Balaban J connectivity index is 0.000000190. The molecule has 2 amide bonds. The fourth-order valence-corrected chi connectivity index (χ4v) is 10.1. The molecule has 0 aliphatic carbocycles. The highest BCUT2D eigenvalue weighted by Crippen LogP contribution is 2.37. The Labute approximate surface area is 344 Å². The lowest BCUT2D eigenvalue weighted by atomic mass is 10.2. The molecule has 0 atom stereocenters. The van der Waals surface area contributed by atoms with Crippen molar-refractivity contribution in [2.45, 2.75) is 9.79 Å². The Hall–Kier alpha value is -5.08. The van der Waals surface area contributed by atoms with Crippen LogP contribution in [0.15, 0.2) is 124 Å². The van der Waals surface area contributed by atoms with Gasteiger partial charge in [0.2, 0.25) is 0 Å². The van der Waals surface area contributed by atoms with Crippen molar-refractivity contribution in [1.82, 2.24) is 9.97 Å². The normalized spacial score (nSPS) is 11.3. The minimum atomic E-state index is -3.76. The van der Waals surface area contributed by atoms with Crippen LogP contribution in [-0.4, -0.2) is 52.7 Å². The van der Waals surface area contributed by atoms with E-state index >= 15 is 0 Å². The van der Waals surface area contributed by atoms with E-state index in [1.807, 2.05) is 31.1 Å². The van der Waals surface area contributed by atoms with Gasteiger partial charge >= 0.3 is 0 Å². The molecule has 0 unspecified atom stereocenters. The molecule has 0 aliphatic heterocycles. The standard InChI is InChI=1S/C18H11Cl2N3O3S3.C18H18N4O3S2/c19-10-1-6-13-14(9-10)28-16(15(13)20)17(24)22-11-2-4-12(5-3-11)29(25,26)23-18-21-7-8-27-18;1-22(2)15-7-3-13(4-8-15)17(23)20-14-5-9-16(10-6-14)27(24,25)21-18-19-11-12-26-18/h1-9H,(H,21,23)(H,22,24);3-12H,1-2H3,(H,19,21)(H,20,23). The molecule has 7 rings (SSSR count). The van der Waals surface area contributed by atoms with Crippen LogP contribution < -0.4 is 25.0 Å². The maximum Gasteiger partial charge on any atom is 0.267 e. The molecule has 3 heterocycles. The predicted octanol–water partition coefficient (Wildman–Crippen LogP) is 8.98. The fourth-order valence-electron chi connectivity index (χ4n) is 4.82. The number of nitrogens with one attached hydrogen (secondary N) is 4. The van der Waals surface area contributed by atoms with Crippen LogP contribution in [0, 0.1) is 0 Å². The summed E-state index contributed by atoms with van der Waals surface area (Å²) in [4.78, 5) is 35.2. The number of hydrogen-bond donors (Lipinski definition) is 4. The molecule has 3 aromatic heterocycles. The first-order valence-electron chi connectivity index (χ1n) is 16.0. The third-order valence-corrected chi connectivity index (χ3v) is 13.8. The number of rotatable bonds is 11. The van der Waals surface area contributed by atoms with E-state index in [0.29, 0.717) is 37.0 Å². The van der Waals surface area contributed by atoms with Gasteiger partial charge in [-0.1, -0.05) is 29.3 Å². The maximum absolute atomic E-state index is 12.6. The predicted molar refractivity (Wildman–Crippen MR) is 227 cm³/mol. The molecule has 0 aliphatic rings. The first-order valence-corrected chi connectivity index (χ1v) is 22.3. The average molecular weight is 887 g/mol. The van der Waals surface area contributed by atoms with Crippen LogP contribution in [0.25, 0.3) is 10.1 Å². The van der Waals surface area contributed by atoms with E-state index in [4.69, 9.17) is 23.2 Å². The van der Waals surface area contributed by atoms with E-state index in [0.717, 1.165) is 15.8 Å². The average Bonchev–Trinajstić information content (AvgIpc) is 3.95. The second-order valence-corrected chi connectivity index (χ2v) is 18.7. The third-order valence-electron chi connectivity index (χ3n) is 7.60. The largest absolute Gasteiger partial charge is 0.378 e. The lowest BCUT2D eigenvalue weighted by Crippen LogP contribution is -2.14. The van der Waals surface area contributed by atoms with Crippen molar-refractivity contribution in [3.8, 4) is 0 Å². The molecule has 0 spiro atoms. The number of anilines is 5. The first kappa shape index (κ1) is 40.6. The van der Waals surface area contributed by atoms with Crippen molar-refractivity contribution in [3.63, 3.8) is 0 Å². The third kappa shape index (κ3) is 10.0. The summed E-state index contributed by atoms with van der Waals surface area (Å²) in [5.74, 6) is -0.652. The minimum absolute atomic E-state index is 0.0558. The molecule has 0 bridgehead atoms. The second kappa shape index (κ2) is 17.4. The van der Waals surface area contributed by atoms with Gasteiger partial charge in [-0.05, 0) is 84.9 Å². The molecule has 13 nitrogen and oxygen atoms in total. The summed E-state index contributed by atoms with van der Waals surface area (Å²) in [5, 5.41) is 11.1. The number of thiophene rings is 1. The Morgan fingerprint density at radius 2 is 1.16 bits per heavy atom. The van der Waals surface area contributed by atoms with Crippen LogP contribution >= 0.6 is 57.2 Å². The number of halogens is 2. The molecule has 0 fully saturated rings. The highest BCUT2D eigenvalue weighted by Gasteiger charge is 2.20. The highest BCUT2D eigenvalue weighted by atomic mass is 35.5. The Morgan fingerprint density at radius 1 is 0.661 bits per heavy atom. The summed E-state index contributed by atoms with van der Waals surface area (Å²) in [5.41, 5.74) is 2.45. The van der Waals surface area contributed by atoms with Crippen LogP contribution in [0.2, 0.25) is 10.0 Å². The molecule has 20 heteroatoms. The quantitative estimate of drug-likeness (QED) is 0.0987. The van der Waals surface area contributed by atoms with E-state index in [-0.39, 0.29) is 26.7 Å². The lowest BCUT2D eigenvalue weighted by Gasteiger charge is -2.12. The van der Waals surface area contributed by atoms with Gasteiger partial charge < -0.3 is 15.5 Å². The topological polar surface area (TPSA) is 180 Å². The van der Waals surface area contributed by atoms with E-state index in [2.05, 4.69) is 30.0 Å². The molecule has 4 aromatic carbocycles. The molecule has 56 heavy (non-hydrogen) atoms. The second-order valence-electron chi connectivity index (χ2n) is 11.7. The van der Waals surface area contributed by atoms with Crippen LogP contribution in [0.5, 0.6) is 0 Å². The fraction of sp³-hybridized carbons (Fsp3) is 0.0556. The number of sulfonamides is 2. The van der Waals surface area contributed by atoms with Gasteiger partial charge in [-0.15, -0.1) is 34.0 Å². The Bertz CT molecular complexity index is 2690. The van der Waals surface area contributed by atoms with Crippen LogP contribution in [0.4, 0.5) is 27.3 Å². The first-order chi connectivity index (χ1) is 26.7. The lowest BCUT2D eigenvalue weighted by molar-refractivity contribution is 0.102. The summed E-state index contributed by atoms with van der Waals surface area (Å²) < 4.78 is 55.0. The summed E-state index contributed by atoms with van der Waals surface area (Å²) in [6, 6.07) is 24.2. The zero-order valence-electron chi connectivity index (χ0n) is 29.1. The molecule has 4 N–H and O–H groups in total. The van der Waals surface area contributed by atoms with Crippen molar-refractivity contribution >= 4 is 126 Å². The number of amides is 2. The molecule has 288 valence electrons. The van der Waals surface area contributed by atoms with Crippen LogP contribution in [-0.2, 0) is 20.0 Å². The minimum Gasteiger partial charge on any atom is -0.378 e. The molecule has 0 saturated heterocycles. The van der Waals surface area contributed by atoms with Crippen molar-refractivity contribution < 1.29 is 26.4 Å². The molecule has 0 saturated carbocycles.